The number of nitrogens with one attached hydrogen (secondary N) is 2. The molecule has 1 aromatic carbocycles. The van der Waals surface area contributed by atoms with E-state index in [4.69, 9.17) is 0 Å². The standard InChI is InChI=1S/C16H21N5O.ClH/c1-12(18-16(22)13-6-5-9-17-10-13)15-11-21(20-19-15)14-7-3-2-4-8-14;/h2-4,7-8,11-13,17H,5-6,9-10H2,1H3,(H,18,22);1H. The minimum Gasteiger partial charge on any atom is -0.348 e. The molecule has 0 radical (unpaired) electrons. The van der Waals surface area contributed by atoms with Gasteiger partial charge in [0.2, 0.25) is 5.91 Å². The average molecular weight is 336 g/mol. The van der Waals surface area contributed by atoms with Crippen LogP contribution in [0, 0.1) is 5.92 Å². The summed E-state index contributed by atoms with van der Waals surface area (Å²) in [5.41, 5.74) is 1.72. The number of amides is 1. The van der Waals surface area contributed by atoms with Gasteiger partial charge in [-0.2, -0.15) is 0 Å². The van der Waals surface area contributed by atoms with Crippen molar-refractivity contribution in [2.24, 2.45) is 5.92 Å². The second-order valence-corrected chi connectivity index (χ2v) is 5.70. The molecule has 6 nitrogen and oxygen atoms in total. The molecule has 1 saturated heterocycles. The van der Waals surface area contributed by atoms with Gasteiger partial charge < -0.3 is 10.6 Å². The van der Waals surface area contributed by atoms with Crippen molar-refractivity contribution in [2.75, 3.05) is 13.1 Å². The molecule has 0 saturated carbocycles. The molecule has 23 heavy (non-hydrogen) atoms. The number of benzene rings is 1. The fourth-order valence-electron chi connectivity index (χ4n) is 2.66. The molecule has 0 aliphatic carbocycles. The quantitative estimate of drug-likeness (QED) is 0.894. The summed E-state index contributed by atoms with van der Waals surface area (Å²) in [4.78, 5) is 12.3. The molecule has 1 fully saturated rings. The SMILES string of the molecule is CC(NC(=O)C1CCCNC1)c1cn(-c2ccccc2)nn1.Cl. The zero-order valence-corrected chi connectivity index (χ0v) is 13.9. The molecular formula is C16H22ClN5O. The van der Waals surface area contributed by atoms with Gasteiger partial charge in [0.15, 0.2) is 0 Å². The normalized spacial score (nSPS) is 18.7. The lowest BCUT2D eigenvalue weighted by Crippen LogP contribution is -2.41. The first-order valence-electron chi connectivity index (χ1n) is 7.73. The van der Waals surface area contributed by atoms with Gasteiger partial charge in [-0.15, -0.1) is 17.5 Å². The molecule has 1 aliphatic heterocycles. The maximum absolute atomic E-state index is 12.3. The van der Waals surface area contributed by atoms with Crippen molar-refractivity contribution in [1.82, 2.24) is 25.6 Å². The third-order valence-corrected chi connectivity index (χ3v) is 4.00. The van der Waals surface area contributed by atoms with E-state index in [1.165, 1.54) is 0 Å². The van der Waals surface area contributed by atoms with Crippen molar-refractivity contribution in [2.45, 2.75) is 25.8 Å². The van der Waals surface area contributed by atoms with Gasteiger partial charge in [-0.05, 0) is 38.4 Å². The molecule has 0 spiro atoms. The monoisotopic (exact) mass is 335 g/mol. The highest BCUT2D eigenvalue weighted by molar-refractivity contribution is 5.85. The Hall–Kier alpha value is -1.92. The average Bonchev–Trinajstić information content (AvgIpc) is 3.06. The van der Waals surface area contributed by atoms with E-state index in [0.29, 0.717) is 0 Å². The van der Waals surface area contributed by atoms with Gasteiger partial charge in [-0.25, -0.2) is 4.68 Å². The molecule has 3 rings (SSSR count). The first kappa shape index (κ1) is 17.4. The summed E-state index contributed by atoms with van der Waals surface area (Å²) >= 11 is 0. The fraction of sp³-hybridized carbons (Fsp3) is 0.438. The Morgan fingerprint density at radius 1 is 1.39 bits per heavy atom. The topological polar surface area (TPSA) is 71.8 Å². The number of piperidine rings is 1. The summed E-state index contributed by atoms with van der Waals surface area (Å²) in [6.07, 6.45) is 3.86. The maximum Gasteiger partial charge on any atom is 0.224 e. The van der Waals surface area contributed by atoms with E-state index in [-0.39, 0.29) is 30.3 Å². The highest BCUT2D eigenvalue weighted by Gasteiger charge is 2.23. The number of carbonyl (C=O) groups excluding carboxylic acids is 1. The van der Waals surface area contributed by atoms with Crippen LogP contribution in [0.4, 0.5) is 0 Å². The van der Waals surface area contributed by atoms with E-state index in [1.807, 2.05) is 43.5 Å². The molecule has 1 aliphatic rings. The predicted molar refractivity (Wildman–Crippen MR) is 90.8 cm³/mol. The molecule has 2 aromatic rings. The fourth-order valence-corrected chi connectivity index (χ4v) is 2.66. The number of hydrogen-bond acceptors (Lipinski definition) is 4. The van der Waals surface area contributed by atoms with E-state index < -0.39 is 0 Å². The molecule has 124 valence electrons. The van der Waals surface area contributed by atoms with Crippen molar-refractivity contribution in [3.8, 4) is 5.69 Å². The zero-order valence-electron chi connectivity index (χ0n) is 13.1. The van der Waals surface area contributed by atoms with Gasteiger partial charge >= 0.3 is 0 Å². The van der Waals surface area contributed by atoms with E-state index in [0.717, 1.165) is 37.3 Å². The molecule has 2 heterocycles. The van der Waals surface area contributed by atoms with Crippen LogP contribution in [0.3, 0.4) is 0 Å². The summed E-state index contributed by atoms with van der Waals surface area (Å²) in [6, 6.07) is 9.66. The Balaban J connectivity index is 0.00000192. The van der Waals surface area contributed by atoms with E-state index in [9.17, 15) is 4.79 Å². The Morgan fingerprint density at radius 2 is 2.17 bits per heavy atom. The lowest BCUT2D eigenvalue weighted by molar-refractivity contribution is -0.126. The molecule has 2 unspecified atom stereocenters. The van der Waals surface area contributed by atoms with Crippen molar-refractivity contribution < 1.29 is 4.79 Å². The number of hydrogen-bond donors (Lipinski definition) is 2. The number of halogens is 1. The first-order valence-corrected chi connectivity index (χ1v) is 7.73. The maximum atomic E-state index is 12.3. The number of rotatable bonds is 4. The van der Waals surface area contributed by atoms with Crippen LogP contribution >= 0.6 is 12.4 Å². The second-order valence-electron chi connectivity index (χ2n) is 5.70. The third kappa shape index (κ3) is 4.30. The highest BCUT2D eigenvalue weighted by Crippen LogP contribution is 2.15. The number of carbonyl (C=O) groups is 1. The number of aromatic nitrogens is 3. The molecule has 1 aromatic heterocycles. The van der Waals surface area contributed by atoms with Gasteiger partial charge in [-0.3, -0.25) is 4.79 Å². The lowest BCUT2D eigenvalue weighted by Gasteiger charge is -2.23. The summed E-state index contributed by atoms with van der Waals surface area (Å²) < 4.78 is 1.72. The lowest BCUT2D eigenvalue weighted by atomic mass is 9.98. The molecule has 1 amide bonds. The molecule has 7 heteroatoms. The largest absolute Gasteiger partial charge is 0.348 e. The van der Waals surface area contributed by atoms with Gasteiger partial charge in [0.1, 0.15) is 5.69 Å². The van der Waals surface area contributed by atoms with E-state index >= 15 is 0 Å². The summed E-state index contributed by atoms with van der Waals surface area (Å²) in [5.74, 6) is 0.148. The third-order valence-electron chi connectivity index (χ3n) is 4.00. The van der Waals surface area contributed by atoms with Crippen LogP contribution in [0.1, 0.15) is 31.5 Å². The van der Waals surface area contributed by atoms with Crippen molar-refractivity contribution in [3.05, 3.63) is 42.2 Å². The van der Waals surface area contributed by atoms with Crippen molar-refractivity contribution in [3.63, 3.8) is 0 Å². The number of para-hydroxylation sites is 1. The van der Waals surface area contributed by atoms with Gasteiger partial charge in [0, 0.05) is 6.54 Å². The summed E-state index contributed by atoms with van der Waals surface area (Å²) in [6.45, 7) is 3.70. The highest BCUT2D eigenvalue weighted by atomic mass is 35.5. The van der Waals surface area contributed by atoms with Crippen LogP contribution < -0.4 is 10.6 Å². The van der Waals surface area contributed by atoms with Crippen LogP contribution in [0.5, 0.6) is 0 Å². The Bertz CT molecular complexity index is 624. The van der Waals surface area contributed by atoms with Gasteiger partial charge in [0.25, 0.3) is 0 Å². The minimum atomic E-state index is -0.146. The molecule has 2 atom stereocenters. The predicted octanol–water partition coefficient (Wildman–Crippen LogP) is 1.87. The van der Waals surface area contributed by atoms with E-state index in [2.05, 4.69) is 20.9 Å². The van der Waals surface area contributed by atoms with Crippen LogP contribution in [0.15, 0.2) is 36.5 Å². The Labute approximate surface area is 142 Å². The number of nitrogens with zero attached hydrogens (tertiary/aromatic N) is 3. The minimum absolute atomic E-state index is 0. The van der Waals surface area contributed by atoms with Crippen LogP contribution in [0.2, 0.25) is 0 Å². The molecule has 0 bridgehead atoms. The molecule has 2 N–H and O–H groups in total. The Kier molecular flexibility index (Phi) is 6.12. The van der Waals surface area contributed by atoms with Crippen LogP contribution in [-0.4, -0.2) is 34.0 Å². The molecular weight excluding hydrogens is 314 g/mol. The van der Waals surface area contributed by atoms with Gasteiger partial charge in [-0.1, -0.05) is 23.4 Å². The smallest absolute Gasteiger partial charge is 0.224 e. The summed E-state index contributed by atoms with van der Waals surface area (Å²) in [7, 11) is 0. The first-order chi connectivity index (χ1) is 10.7. The van der Waals surface area contributed by atoms with Crippen LogP contribution in [-0.2, 0) is 4.79 Å². The van der Waals surface area contributed by atoms with Crippen LogP contribution in [0.25, 0.3) is 5.69 Å². The van der Waals surface area contributed by atoms with Crippen molar-refractivity contribution >= 4 is 18.3 Å². The van der Waals surface area contributed by atoms with E-state index in [1.54, 1.807) is 4.68 Å². The van der Waals surface area contributed by atoms with Gasteiger partial charge in [0.05, 0.1) is 23.8 Å². The zero-order chi connectivity index (χ0) is 15.4. The second kappa shape index (κ2) is 8.08. The Morgan fingerprint density at radius 3 is 2.87 bits per heavy atom. The van der Waals surface area contributed by atoms with Crippen molar-refractivity contribution in [1.29, 1.82) is 0 Å². The summed E-state index contributed by atoms with van der Waals surface area (Å²) in [5, 5.41) is 14.6.